The molecule has 146 valence electrons. The molecule has 9 nitrogen and oxygen atoms in total. The molecule has 0 spiro atoms. The van der Waals surface area contributed by atoms with E-state index in [-0.39, 0.29) is 12.5 Å². The number of amides is 1. The van der Waals surface area contributed by atoms with Crippen molar-refractivity contribution >= 4 is 28.9 Å². The van der Waals surface area contributed by atoms with Crippen molar-refractivity contribution in [1.82, 2.24) is 14.5 Å². The van der Waals surface area contributed by atoms with Gasteiger partial charge in [-0.25, -0.2) is 14.6 Å². The van der Waals surface area contributed by atoms with Crippen molar-refractivity contribution in [2.75, 3.05) is 26.8 Å². The second-order valence-corrected chi connectivity index (χ2v) is 6.25. The van der Waals surface area contributed by atoms with Gasteiger partial charge in [0.2, 0.25) is 5.91 Å². The molecule has 1 aromatic heterocycles. The fraction of sp³-hybridized carbons (Fsp3) is 0.444. The third-order valence-corrected chi connectivity index (χ3v) is 4.40. The van der Waals surface area contributed by atoms with Crippen molar-refractivity contribution in [3.8, 4) is 0 Å². The number of benzene rings is 1. The highest BCUT2D eigenvalue weighted by Crippen LogP contribution is 2.21. The van der Waals surface area contributed by atoms with Gasteiger partial charge >= 0.3 is 11.9 Å². The molecule has 0 unspecified atom stereocenters. The molecule has 1 aromatic carbocycles. The number of aromatic nitrogens is 2. The van der Waals surface area contributed by atoms with Crippen molar-refractivity contribution in [1.29, 1.82) is 0 Å². The lowest BCUT2D eigenvalue weighted by atomic mass is 9.96. The summed E-state index contributed by atoms with van der Waals surface area (Å²) in [7, 11) is 1.56. The number of hydrogen-bond acceptors (Lipinski definition) is 5. The number of likely N-dealkylation sites (tertiary alicyclic amines) is 1. The summed E-state index contributed by atoms with van der Waals surface area (Å²) >= 11 is 0. The number of methoxy groups -OCH3 is 1. The lowest BCUT2D eigenvalue weighted by Gasteiger charge is -2.32. The number of carbonyl (C=O) groups is 3. The maximum Gasteiger partial charge on any atom is 0.414 e. The molecule has 0 aliphatic carbocycles. The minimum absolute atomic E-state index is 0.101. The summed E-state index contributed by atoms with van der Waals surface area (Å²) in [5, 5.41) is 14.8. The van der Waals surface area contributed by atoms with Gasteiger partial charge in [0.15, 0.2) is 0 Å². The number of aliphatic carboxylic acids is 2. The van der Waals surface area contributed by atoms with Gasteiger partial charge in [-0.05, 0) is 30.9 Å². The lowest BCUT2D eigenvalue weighted by Crippen LogP contribution is -2.40. The van der Waals surface area contributed by atoms with E-state index in [2.05, 4.69) is 15.6 Å². The SMILES string of the molecule is COCC(=O)N1CCC(Cn2cnc3ccccc32)CC1.O=C(O)C(=O)O. The van der Waals surface area contributed by atoms with Crippen molar-refractivity contribution in [3.05, 3.63) is 30.6 Å². The Morgan fingerprint density at radius 2 is 1.78 bits per heavy atom. The van der Waals surface area contributed by atoms with Crippen molar-refractivity contribution in [3.63, 3.8) is 0 Å². The Balaban J connectivity index is 0.000000380. The first-order chi connectivity index (χ1) is 12.9. The van der Waals surface area contributed by atoms with Crippen LogP contribution in [0.1, 0.15) is 12.8 Å². The monoisotopic (exact) mass is 377 g/mol. The molecule has 1 fully saturated rings. The van der Waals surface area contributed by atoms with E-state index in [1.807, 2.05) is 29.4 Å². The van der Waals surface area contributed by atoms with Gasteiger partial charge in [0.25, 0.3) is 0 Å². The third kappa shape index (κ3) is 5.78. The average molecular weight is 377 g/mol. The molecule has 1 aliphatic heterocycles. The zero-order valence-corrected chi connectivity index (χ0v) is 15.1. The van der Waals surface area contributed by atoms with E-state index in [1.165, 1.54) is 5.52 Å². The molecular weight excluding hydrogens is 354 g/mol. The molecule has 9 heteroatoms. The number of nitrogens with zero attached hydrogens (tertiary/aromatic N) is 3. The van der Waals surface area contributed by atoms with Gasteiger partial charge in [-0.1, -0.05) is 12.1 Å². The van der Waals surface area contributed by atoms with Gasteiger partial charge in [-0.3, -0.25) is 4.79 Å². The summed E-state index contributed by atoms with van der Waals surface area (Å²) in [6.07, 6.45) is 4.01. The number of para-hydroxylation sites is 2. The second-order valence-electron chi connectivity index (χ2n) is 6.25. The van der Waals surface area contributed by atoms with Crippen LogP contribution in [-0.4, -0.2) is 69.3 Å². The van der Waals surface area contributed by atoms with E-state index in [0.717, 1.165) is 38.0 Å². The molecule has 0 bridgehead atoms. The lowest BCUT2D eigenvalue weighted by molar-refractivity contribution is -0.159. The number of hydrogen-bond donors (Lipinski definition) is 2. The number of carboxylic acids is 2. The zero-order chi connectivity index (χ0) is 19.8. The fourth-order valence-corrected chi connectivity index (χ4v) is 3.01. The summed E-state index contributed by atoms with van der Waals surface area (Å²) < 4.78 is 7.14. The standard InChI is InChI=1S/C16H21N3O2.C2H2O4/c1-21-11-16(20)18-8-6-13(7-9-18)10-19-12-17-14-4-2-3-5-15(14)19;3-1(4)2(5)6/h2-5,12-13H,6-11H2,1H3;(H,3,4)(H,5,6). The van der Waals surface area contributed by atoms with Gasteiger partial charge < -0.3 is 24.4 Å². The van der Waals surface area contributed by atoms with Gasteiger partial charge in [0, 0.05) is 26.7 Å². The Hall–Kier alpha value is -2.94. The molecule has 0 atom stereocenters. The van der Waals surface area contributed by atoms with E-state index in [4.69, 9.17) is 24.5 Å². The Morgan fingerprint density at radius 3 is 2.37 bits per heavy atom. The number of carbonyl (C=O) groups excluding carboxylic acids is 1. The Kier molecular flexibility index (Phi) is 7.30. The second kappa shape index (κ2) is 9.67. The van der Waals surface area contributed by atoms with E-state index in [0.29, 0.717) is 5.92 Å². The maximum absolute atomic E-state index is 11.8. The quantitative estimate of drug-likeness (QED) is 0.765. The molecule has 0 saturated carbocycles. The summed E-state index contributed by atoms with van der Waals surface area (Å²) in [6.45, 7) is 2.84. The summed E-state index contributed by atoms with van der Waals surface area (Å²) in [5.41, 5.74) is 2.24. The van der Waals surface area contributed by atoms with Gasteiger partial charge in [-0.15, -0.1) is 0 Å². The molecule has 3 rings (SSSR count). The Labute approximate surface area is 156 Å². The fourth-order valence-electron chi connectivity index (χ4n) is 3.01. The Morgan fingerprint density at radius 1 is 1.15 bits per heavy atom. The summed E-state index contributed by atoms with van der Waals surface area (Å²) in [6, 6.07) is 8.21. The largest absolute Gasteiger partial charge is 0.473 e. The highest BCUT2D eigenvalue weighted by atomic mass is 16.5. The third-order valence-electron chi connectivity index (χ3n) is 4.40. The zero-order valence-electron chi connectivity index (χ0n) is 15.1. The number of ether oxygens (including phenoxy) is 1. The van der Waals surface area contributed by atoms with Crippen LogP contribution in [0, 0.1) is 5.92 Å². The van der Waals surface area contributed by atoms with Crippen LogP contribution in [0.25, 0.3) is 11.0 Å². The molecule has 1 amide bonds. The van der Waals surface area contributed by atoms with Crippen LogP contribution in [0.15, 0.2) is 30.6 Å². The predicted molar refractivity (Wildman–Crippen MR) is 96.2 cm³/mol. The van der Waals surface area contributed by atoms with Crippen molar-refractivity contribution < 1.29 is 29.3 Å². The predicted octanol–water partition coefficient (Wildman–Crippen LogP) is 1.08. The minimum Gasteiger partial charge on any atom is -0.473 e. The molecule has 1 aliphatic rings. The van der Waals surface area contributed by atoms with Crippen LogP contribution >= 0.6 is 0 Å². The van der Waals surface area contributed by atoms with Crippen LogP contribution in [0.4, 0.5) is 0 Å². The molecule has 2 heterocycles. The molecule has 2 N–H and O–H groups in total. The highest BCUT2D eigenvalue weighted by Gasteiger charge is 2.23. The van der Waals surface area contributed by atoms with E-state index >= 15 is 0 Å². The average Bonchev–Trinajstić information content (AvgIpc) is 3.06. The van der Waals surface area contributed by atoms with E-state index in [1.54, 1.807) is 7.11 Å². The van der Waals surface area contributed by atoms with Gasteiger partial charge in [-0.2, -0.15) is 0 Å². The first-order valence-corrected chi connectivity index (χ1v) is 8.55. The minimum atomic E-state index is -1.82. The van der Waals surface area contributed by atoms with E-state index < -0.39 is 11.9 Å². The van der Waals surface area contributed by atoms with Gasteiger partial charge in [0.05, 0.1) is 17.4 Å². The normalized spacial score (nSPS) is 14.5. The van der Waals surface area contributed by atoms with Gasteiger partial charge in [0.1, 0.15) is 6.61 Å². The van der Waals surface area contributed by atoms with Crippen LogP contribution in [0.3, 0.4) is 0 Å². The van der Waals surface area contributed by atoms with Crippen molar-refractivity contribution in [2.24, 2.45) is 5.92 Å². The number of fused-ring (bicyclic) bond motifs is 1. The van der Waals surface area contributed by atoms with E-state index in [9.17, 15) is 4.79 Å². The van der Waals surface area contributed by atoms with Crippen LogP contribution in [0.2, 0.25) is 0 Å². The number of rotatable bonds is 4. The molecule has 1 saturated heterocycles. The maximum atomic E-state index is 11.8. The smallest absolute Gasteiger partial charge is 0.414 e. The molecule has 0 radical (unpaired) electrons. The van der Waals surface area contributed by atoms with Crippen LogP contribution in [-0.2, 0) is 25.7 Å². The van der Waals surface area contributed by atoms with Crippen LogP contribution < -0.4 is 0 Å². The molecule has 27 heavy (non-hydrogen) atoms. The first kappa shape index (κ1) is 20.4. The summed E-state index contributed by atoms with van der Waals surface area (Å²) in [4.78, 5) is 36.3. The summed E-state index contributed by atoms with van der Waals surface area (Å²) in [5.74, 6) is -2.94. The first-order valence-electron chi connectivity index (χ1n) is 8.55. The number of imidazole rings is 1. The molecule has 2 aromatic rings. The van der Waals surface area contributed by atoms with Crippen LogP contribution in [0.5, 0.6) is 0 Å². The topological polar surface area (TPSA) is 122 Å². The molecular formula is C18H23N3O6. The Bertz CT molecular complexity index is 783. The van der Waals surface area contributed by atoms with Crippen molar-refractivity contribution in [2.45, 2.75) is 19.4 Å². The number of piperidine rings is 1. The number of carboxylic acid groups (broad SMARTS) is 2. The highest BCUT2D eigenvalue weighted by molar-refractivity contribution is 6.27.